The smallest absolute Gasteiger partial charge is 0.227 e. The second kappa shape index (κ2) is 8.55. The number of likely N-dealkylation sites (N-methyl/N-ethyl adjacent to an activating group) is 1. The lowest BCUT2D eigenvalue weighted by molar-refractivity contribution is -0.133. The van der Waals surface area contributed by atoms with Crippen molar-refractivity contribution in [1.82, 2.24) is 9.80 Å². The summed E-state index contributed by atoms with van der Waals surface area (Å²) in [4.78, 5) is 17.7. The van der Waals surface area contributed by atoms with Crippen molar-refractivity contribution in [3.8, 4) is 0 Å². The molecule has 4 rings (SSSR count). The number of hydrogen-bond donors (Lipinski definition) is 1. The van der Waals surface area contributed by atoms with E-state index in [1.165, 1.54) is 24.0 Å². The van der Waals surface area contributed by atoms with Crippen LogP contribution in [-0.2, 0) is 17.6 Å². The van der Waals surface area contributed by atoms with Crippen LogP contribution in [0.25, 0.3) is 0 Å². The van der Waals surface area contributed by atoms with E-state index in [4.69, 9.17) is 28.9 Å². The number of likely N-dealkylation sites (tertiary alicyclic amines) is 1. The van der Waals surface area contributed by atoms with Crippen LogP contribution in [0, 0.1) is 0 Å². The summed E-state index contributed by atoms with van der Waals surface area (Å²) in [5.74, 6) is 0.0767. The average molecular weight is 432 g/mol. The van der Waals surface area contributed by atoms with Gasteiger partial charge in [-0.2, -0.15) is 0 Å². The van der Waals surface area contributed by atoms with Gasteiger partial charge in [-0.15, -0.1) is 0 Å². The molecule has 0 saturated carbocycles. The van der Waals surface area contributed by atoms with Crippen LogP contribution in [0.5, 0.6) is 0 Å². The first-order valence-corrected chi connectivity index (χ1v) is 11.0. The van der Waals surface area contributed by atoms with Crippen LogP contribution in [0.3, 0.4) is 0 Å². The first-order chi connectivity index (χ1) is 13.9. The summed E-state index contributed by atoms with van der Waals surface area (Å²) in [6.07, 6.45) is 4.85. The van der Waals surface area contributed by atoms with E-state index >= 15 is 0 Å². The molecule has 6 heteroatoms. The molecule has 1 heterocycles. The van der Waals surface area contributed by atoms with Crippen LogP contribution < -0.4 is 5.73 Å². The Morgan fingerprint density at radius 2 is 1.90 bits per heavy atom. The Balaban J connectivity index is 1.63. The van der Waals surface area contributed by atoms with Crippen molar-refractivity contribution < 1.29 is 4.79 Å². The highest BCUT2D eigenvalue weighted by Crippen LogP contribution is 2.39. The number of benzene rings is 2. The molecule has 2 N–H and O–H groups in total. The van der Waals surface area contributed by atoms with Crippen molar-refractivity contribution in [3.63, 3.8) is 0 Å². The summed E-state index contributed by atoms with van der Waals surface area (Å²) in [5.41, 5.74) is 10.2. The normalized spacial score (nSPS) is 21.8. The van der Waals surface area contributed by atoms with Crippen LogP contribution >= 0.6 is 23.2 Å². The third-order valence-electron chi connectivity index (χ3n) is 6.32. The quantitative estimate of drug-likeness (QED) is 0.711. The molecule has 2 aliphatic rings. The molecule has 0 unspecified atom stereocenters. The Morgan fingerprint density at radius 1 is 1.14 bits per heavy atom. The molecular formula is C23H27Cl2N3O. The van der Waals surface area contributed by atoms with E-state index in [1.54, 1.807) is 12.1 Å². The summed E-state index contributed by atoms with van der Waals surface area (Å²) in [7, 11) is 1.92. The highest BCUT2D eigenvalue weighted by atomic mass is 35.5. The minimum atomic E-state index is 0.00984. The van der Waals surface area contributed by atoms with Gasteiger partial charge in [-0.1, -0.05) is 35.3 Å². The molecule has 4 nitrogen and oxygen atoms in total. The molecule has 1 aliphatic carbocycles. The van der Waals surface area contributed by atoms with Gasteiger partial charge in [-0.25, -0.2) is 0 Å². The van der Waals surface area contributed by atoms with Crippen molar-refractivity contribution in [3.05, 3.63) is 63.1 Å². The van der Waals surface area contributed by atoms with Gasteiger partial charge in [0.1, 0.15) is 0 Å². The van der Waals surface area contributed by atoms with Crippen molar-refractivity contribution in [2.24, 2.45) is 0 Å². The minimum Gasteiger partial charge on any atom is -0.399 e. The van der Waals surface area contributed by atoms with Gasteiger partial charge in [0.2, 0.25) is 5.91 Å². The number of nitrogens with zero attached hydrogens (tertiary/aromatic N) is 2. The lowest BCUT2D eigenvalue weighted by atomic mass is 9.82. The van der Waals surface area contributed by atoms with Crippen molar-refractivity contribution >= 4 is 34.8 Å². The van der Waals surface area contributed by atoms with Gasteiger partial charge < -0.3 is 10.6 Å². The fourth-order valence-electron chi connectivity index (χ4n) is 4.81. The number of halogens is 2. The summed E-state index contributed by atoms with van der Waals surface area (Å²) < 4.78 is 0. The van der Waals surface area contributed by atoms with Gasteiger partial charge in [0, 0.05) is 18.8 Å². The molecule has 2 atom stereocenters. The Hall–Kier alpha value is -1.75. The second-order valence-electron chi connectivity index (χ2n) is 8.18. The predicted molar refractivity (Wildman–Crippen MR) is 119 cm³/mol. The van der Waals surface area contributed by atoms with Crippen LogP contribution in [0.2, 0.25) is 10.0 Å². The first kappa shape index (κ1) is 20.5. The number of amides is 1. The van der Waals surface area contributed by atoms with Crippen LogP contribution in [0.4, 0.5) is 5.69 Å². The van der Waals surface area contributed by atoms with E-state index in [1.807, 2.05) is 24.1 Å². The van der Waals surface area contributed by atoms with E-state index in [9.17, 15) is 4.79 Å². The van der Waals surface area contributed by atoms with Crippen LogP contribution in [-0.4, -0.2) is 41.9 Å². The molecule has 2 aromatic carbocycles. The van der Waals surface area contributed by atoms with Gasteiger partial charge in [0.25, 0.3) is 0 Å². The Bertz CT molecular complexity index is 911. The summed E-state index contributed by atoms with van der Waals surface area (Å²) >= 11 is 12.2. The number of anilines is 1. The van der Waals surface area contributed by atoms with Gasteiger partial charge in [0.05, 0.1) is 22.5 Å². The fourth-order valence-corrected chi connectivity index (χ4v) is 5.13. The van der Waals surface area contributed by atoms with E-state index in [0.717, 1.165) is 37.2 Å². The Morgan fingerprint density at radius 3 is 2.62 bits per heavy atom. The van der Waals surface area contributed by atoms with Crippen molar-refractivity contribution in [2.45, 2.75) is 44.2 Å². The predicted octanol–water partition coefficient (Wildman–Crippen LogP) is 4.73. The van der Waals surface area contributed by atoms with Crippen LogP contribution in [0.1, 0.15) is 42.0 Å². The maximum absolute atomic E-state index is 13.3. The standard InChI is InChI=1S/C23H27Cl2N3O/c1-27(22(29)13-15-4-8-19(24)20(25)12-15)23-18-14-17(26)7-5-16(18)6-9-21(23)28-10-2-3-11-28/h4-5,7-8,12,14,21,23H,2-3,6,9-11,13,26H2,1H3/t21-,23-/m1/s1. The zero-order valence-corrected chi connectivity index (χ0v) is 18.2. The van der Waals surface area contributed by atoms with Crippen LogP contribution in [0.15, 0.2) is 36.4 Å². The molecular weight excluding hydrogens is 405 g/mol. The largest absolute Gasteiger partial charge is 0.399 e. The van der Waals surface area contributed by atoms with Gasteiger partial charge in [-0.3, -0.25) is 9.69 Å². The zero-order chi connectivity index (χ0) is 20.5. The van der Waals surface area contributed by atoms with E-state index in [-0.39, 0.29) is 11.9 Å². The molecule has 1 saturated heterocycles. The van der Waals surface area contributed by atoms with Crippen molar-refractivity contribution in [1.29, 1.82) is 0 Å². The third-order valence-corrected chi connectivity index (χ3v) is 7.06. The number of rotatable bonds is 4. The number of hydrogen-bond acceptors (Lipinski definition) is 3. The minimum absolute atomic E-state index is 0.00984. The molecule has 0 spiro atoms. The highest BCUT2D eigenvalue weighted by molar-refractivity contribution is 6.42. The Kier molecular flexibility index (Phi) is 6.05. The maximum Gasteiger partial charge on any atom is 0.227 e. The monoisotopic (exact) mass is 431 g/mol. The molecule has 1 aliphatic heterocycles. The van der Waals surface area contributed by atoms with Crippen molar-refractivity contribution in [2.75, 3.05) is 25.9 Å². The average Bonchev–Trinajstić information content (AvgIpc) is 3.24. The molecule has 0 radical (unpaired) electrons. The number of nitrogens with two attached hydrogens (primary N) is 1. The SMILES string of the molecule is CN(C(=O)Cc1ccc(Cl)c(Cl)c1)[C@@H]1c2cc(N)ccc2CC[C@H]1N1CCCC1. The number of nitrogen functional groups attached to an aromatic ring is 1. The molecule has 1 fully saturated rings. The molecule has 0 bridgehead atoms. The Labute approximate surface area is 182 Å². The summed E-state index contributed by atoms with van der Waals surface area (Å²) in [5, 5.41) is 0.979. The van der Waals surface area contributed by atoms with Gasteiger partial charge in [0.15, 0.2) is 0 Å². The third kappa shape index (κ3) is 4.25. The lowest BCUT2D eigenvalue weighted by Gasteiger charge is -2.43. The van der Waals surface area contributed by atoms with E-state index < -0.39 is 0 Å². The second-order valence-corrected chi connectivity index (χ2v) is 9.00. The maximum atomic E-state index is 13.3. The van der Waals surface area contributed by atoms with Gasteiger partial charge in [-0.05, 0) is 79.7 Å². The number of carbonyl (C=O) groups excluding carboxylic acids is 1. The summed E-state index contributed by atoms with van der Waals surface area (Å²) in [6, 6.07) is 11.9. The number of carbonyl (C=O) groups is 1. The topological polar surface area (TPSA) is 49.6 Å². The first-order valence-electron chi connectivity index (χ1n) is 10.3. The van der Waals surface area contributed by atoms with Gasteiger partial charge >= 0.3 is 0 Å². The van der Waals surface area contributed by atoms with E-state index in [2.05, 4.69) is 17.0 Å². The number of fused-ring (bicyclic) bond motifs is 1. The lowest BCUT2D eigenvalue weighted by Crippen LogP contribution is -2.48. The summed E-state index contributed by atoms with van der Waals surface area (Å²) in [6.45, 7) is 2.21. The zero-order valence-electron chi connectivity index (χ0n) is 16.7. The fraction of sp³-hybridized carbons (Fsp3) is 0.435. The number of aryl methyl sites for hydroxylation is 1. The highest BCUT2D eigenvalue weighted by Gasteiger charge is 2.38. The molecule has 1 amide bonds. The molecule has 2 aromatic rings. The molecule has 154 valence electrons. The molecule has 0 aromatic heterocycles. The molecule has 29 heavy (non-hydrogen) atoms. The van der Waals surface area contributed by atoms with E-state index in [0.29, 0.717) is 22.5 Å².